The number of anilines is 2. The molecule has 2 unspecified atom stereocenters. The number of hydrogen-bond acceptors (Lipinski definition) is 5. The Kier molecular flexibility index (Phi) is 6.83. The van der Waals surface area contributed by atoms with E-state index in [1.807, 2.05) is 7.05 Å². The maximum Gasteiger partial charge on any atom is 0.573 e. The van der Waals surface area contributed by atoms with Gasteiger partial charge in [0.2, 0.25) is 0 Å². The lowest BCUT2D eigenvalue weighted by atomic mass is 9.91. The summed E-state index contributed by atoms with van der Waals surface area (Å²) in [6.07, 6.45) is -6.57. The first-order valence-electron chi connectivity index (χ1n) is 11.3. The van der Waals surface area contributed by atoms with E-state index in [-0.39, 0.29) is 18.1 Å². The molecule has 0 spiro atoms. The second-order valence-corrected chi connectivity index (χ2v) is 8.79. The molecule has 2 heterocycles. The van der Waals surface area contributed by atoms with Crippen LogP contribution in [0.2, 0.25) is 0 Å². The predicted molar refractivity (Wildman–Crippen MR) is 121 cm³/mol. The van der Waals surface area contributed by atoms with Gasteiger partial charge in [-0.25, -0.2) is 14.1 Å². The summed E-state index contributed by atoms with van der Waals surface area (Å²) in [5, 5.41) is 13.4. The van der Waals surface area contributed by atoms with E-state index < -0.39 is 35.8 Å². The first kappa shape index (κ1) is 25.1. The number of carboxylic acid groups (broad SMARTS) is 1. The zero-order valence-electron chi connectivity index (χ0n) is 19.3. The van der Waals surface area contributed by atoms with Gasteiger partial charge in [0.15, 0.2) is 5.66 Å². The van der Waals surface area contributed by atoms with Crippen molar-refractivity contribution in [2.45, 2.75) is 50.4 Å². The third kappa shape index (κ3) is 5.01. The number of amides is 1. The second kappa shape index (κ2) is 9.54. The highest BCUT2D eigenvalue weighted by Crippen LogP contribution is 2.50. The Morgan fingerprint density at radius 3 is 2.54 bits per heavy atom. The zero-order valence-corrected chi connectivity index (χ0v) is 19.3. The summed E-state index contributed by atoms with van der Waals surface area (Å²) >= 11 is 0. The van der Waals surface area contributed by atoms with Crippen LogP contribution in [0, 0.1) is 5.82 Å². The number of alkyl halides is 3. The van der Waals surface area contributed by atoms with E-state index in [1.165, 1.54) is 0 Å². The van der Waals surface area contributed by atoms with Crippen LogP contribution in [-0.4, -0.2) is 54.4 Å². The first-order chi connectivity index (χ1) is 16.5. The van der Waals surface area contributed by atoms with Crippen molar-refractivity contribution in [3.8, 4) is 5.75 Å². The van der Waals surface area contributed by atoms with Gasteiger partial charge in [-0.1, -0.05) is 19.1 Å². The van der Waals surface area contributed by atoms with E-state index in [0.29, 0.717) is 37.3 Å². The summed E-state index contributed by atoms with van der Waals surface area (Å²) < 4.78 is 64.5. The number of nitrogens with one attached hydrogen (secondary N) is 1. The number of para-hydroxylation sites is 2. The average molecular weight is 497 g/mol. The molecule has 4 rings (SSSR count). The smallest absolute Gasteiger partial charge is 0.465 e. The van der Waals surface area contributed by atoms with Gasteiger partial charge in [0.1, 0.15) is 17.7 Å². The monoisotopic (exact) mass is 497 g/mol. The van der Waals surface area contributed by atoms with E-state index in [2.05, 4.69) is 15.0 Å². The molecule has 0 radical (unpaired) electrons. The van der Waals surface area contributed by atoms with Crippen molar-refractivity contribution >= 4 is 17.5 Å². The predicted octanol–water partition coefficient (Wildman–Crippen LogP) is 5.59. The number of halogens is 4. The molecule has 7 nitrogen and oxygen atoms in total. The number of ether oxygens (including phenoxy) is 2. The lowest BCUT2D eigenvalue weighted by molar-refractivity contribution is -0.274. The van der Waals surface area contributed by atoms with Gasteiger partial charge < -0.3 is 24.8 Å². The minimum absolute atomic E-state index is 0.134. The maximum atomic E-state index is 15.3. The number of carbonyl (C=O) groups is 1. The lowest BCUT2D eigenvalue weighted by Crippen LogP contribution is -2.58. The van der Waals surface area contributed by atoms with Gasteiger partial charge in [-0.15, -0.1) is 13.2 Å². The fraction of sp³-hybridized carbons (Fsp3) is 0.458. The number of likely N-dealkylation sites (tertiary alicyclic amines) is 1. The number of rotatable bonds is 6. The molecule has 190 valence electrons. The normalized spacial score (nSPS) is 21.9. The van der Waals surface area contributed by atoms with Crippen molar-refractivity contribution in [1.82, 2.24) is 4.90 Å². The van der Waals surface area contributed by atoms with Crippen LogP contribution < -0.4 is 15.0 Å². The molecule has 0 aromatic heterocycles. The van der Waals surface area contributed by atoms with E-state index in [1.54, 1.807) is 31.2 Å². The van der Waals surface area contributed by atoms with Crippen molar-refractivity contribution < 1.29 is 36.9 Å². The summed E-state index contributed by atoms with van der Waals surface area (Å²) in [5.41, 5.74) is -0.894. The Bertz CT molecular complexity index is 1070. The zero-order chi connectivity index (χ0) is 25.4. The molecule has 0 bridgehead atoms. The third-order valence-corrected chi connectivity index (χ3v) is 6.54. The van der Waals surface area contributed by atoms with E-state index in [9.17, 15) is 23.1 Å². The van der Waals surface area contributed by atoms with Gasteiger partial charge in [-0.2, -0.15) is 0 Å². The third-order valence-electron chi connectivity index (χ3n) is 6.54. The molecule has 35 heavy (non-hydrogen) atoms. The highest BCUT2D eigenvalue weighted by molar-refractivity contribution is 5.97. The quantitative estimate of drug-likeness (QED) is 0.507. The number of benzene rings is 2. The molecule has 2 aliphatic heterocycles. The van der Waals surface area contributed by atoms with Gasteiger partial charge in [0.05, 0.1) is 17.5 Å². The molecule has 2 aliphatic rings. The van der Waals surface area contributed by atoms with Gasteiger partial charge in [0.25, 0.3) is 0 Å². The van der Waals surface area contributed by atoms with E-state index in [0.717, 1.165) is 23.1 Å². The topological polar surface area (TPSA) is 74.3 Å². The molecule has 1 saturated heterocycles. The number of hydrogen-bond donors (Lipinski definition) is 2. The van der Waals surface area contributed by atoms with Gasteiger partial charge in [-0.3, -0.25) is 0 Å². The van der Waals surface area contributed by atoms with Crippen LogP contribution >= 0.6 is 0 Å². The van der Waals surface area contributed by atoms with Crippen LogP contribution in [0.4, 0.5) is 33.7 Å². The minimum Gasteiger partial charge on any atom is -0.465 e. The molecule has 2 aromatic rings. The molecule has 0 saturated carbocycles. The molecule has 1 amide bonds. The highest BCUT2D eigenvalue weighted by atomic mass is 19.4. The SMILES string of the molecule is CCC1(C(OC2CCN(C)CC2)c2cc(OC(F)(F)F)ccc2F)Nc2ccccc2N1C(=O)O. The first-order valence-corrected chi connectivity index (χ1v) is 11.3. The largest absolute Gasteiger partial charge is 0.573 e. The lowest BCUT2D eigenvalue weighted by Gasteiger charge is -2.44. The fourth-order valence-electron chi connectivity index (χ4n) is 4.84. The summed E-state index contributed by atoms with van der Waals surface area (Å²) in [4.78, 5) is 15.7. The summed E-state index contributed by atoms with van der Waals surface area (Å²) in [6.45, 7) is 3.15. The number of nitrogens with zero attached hydrogens (tertiary/aromatic N) is 2. The van der Waals surface area contributed by atoms with E-state index in [4.69, 9.17) is 4.74 Å². The van der Waals surface area contributed by atoms with E-state index >= 15 is 4.39 Å². The summed E-state index contributed by atoms with van der Waals surface area (Å²) in [5.74, 6) is -1.44. The Morgan fingerprint density at radius 1 is 1.23 bits per heavy atom. The Morgan fingerprint density at radius 2 is 1.91 bits per heavy atom. The Balaban J connectivity index is 1.83. The van der Waals surface area contributed by atoms with Crippen LogP contribution in [0.15, 0.2) is 42.5 Å². The second-order valence-electron chi connectivity index (χ2n) is 8.79. The van der Waals surface area contributed by atoms with Crippen molar-refractivity contribution in [3.63, 3.8) is 0 Å². The molecule has 11 heteroatoms. The van der Waals surface area contributed by atoms with Crippen LogP contribution in [0.5, 0.6) is 5.75 Å². The molecular weight excluding hydrogens is 470 g/mol. The van der Waals surface area contributed by atoms with Gasteiger partial charge >= 0.3 is 12.5 Å². The van der Waals surface area contributed by atoms with Crippen molar-refractivity contribution in [2.75, 3.05) is 30.4 Å². The van der Waals surface area contributed by atoms with Crippen molar-refractivity contribution in [3.05, 3.63) is 53.8 Å². The maximum absolute atomic E-state index is 15.3. The molecule has 0 aliphatic carbocycles. The number of piperidine rings is 1. The van der Waals surface area contributed by atoms with Crippen LogP contribution in [0.3, 0.4) is 0 Å². The molecule has 2 N–H and O–H groups in total. The Labute approximate surface area is 200 Å². The molecule has 2 atom stereocenters. The highest BCUT2D eigenvalue weighted by Gasteiger charge is 2.54. The number of fused-ring (bicyclic) bond motifs is 1. The fourth-order valence-corrected chi connectivity index (χ4v) is 4.84. The standard InChI is InChI=1S/C24H27F4N3O4/c1-3-23(29-19-6-4-5-7-20(19)31(23)22(32)33)21(34-15-10-12-30(2)13-11-15)17-14-16(8-9-18(17)25)35-24(26,27)28/h4-9,14-15,21,29H,3,10-13H2,1-2H3,(H,32,33). The summed E-state index contributed by atoms with van der Waals surface area (Å²) in [7, 11) is 1.96. The van der Waals surface area contributed by atoms with Crippen molar-refractivity contribution in [2.24, 2.45) is 0 Å². The van der Waals surface area contributed by atoms with Crippen LogP contribution in [0.25, 0.3) is 0 Å². The Hall–Kier alpha value is -3.05. The molecule has 1 fully saturated rings. The van der Waals surface area contributed by atoms with Crippen LogP contribution in [0.1, 0.15) is 37.9 Å². The summed E-state index contributed by atoms with van der Waals surface area (Å²) in [6, 6.07) is 9.39. The van der Waals surface area contributed by atoms with Crippen LogP contribution in [-0.2, 0) is 4.74 Å². The van der Waals surface area contributed by atoms with Gasteiger partial charge in [-0.05, 0) is 56.6 Å². The average Bonchev–Trinajstić information content (AvgIpc) is 3.15. The molecule has 2 aromatic carbocycles. The molecular formula is C24H27F4N3O4. The minimum atomic E-state index is -4.98. The van der Waals surface area contributed by atoms with Gasteiger partial charge in [0, 0.05) is 18.7 Å². The van der Waals surface area contributed by atoms with Crippen molar-refractivity contribution in [1.29, 1.82) is 0 Å².